The van der Waals surface area contributed by atoms with Crippen LogP contribution in [-0.2, 0) is 0 Å². The lowest BCUT2D eigenvalue weighted by Gasteiger charge is -2.23. The molecule has 3 atom stereocenters. The molecule has 0 aromatic carbocycles. The second-order valence-electron chi connectivity index (χ2n) is 5.40. The minimum Gasteiger partial charge on any atom is -0.314 e. The summed E-state index contributed by atoms with van der Waals surface area (Å²) in [5.74, 6) is 0.913. The van der Waals surface area contributed by atoms with Crippen molar-refractivity contribution >= 4 is 0 Å². The Morgan fingerprint density at radius 3 is 3.06 bits per heavy atom. The molecule has 5 nitrogen and oxygen atoms in total. The lowest BCUT2D eigenvalue weighted by Crippen LogP contribution is -2.38. The van der Waals surface area contributed by atoms with Crippen molar-refractivity contribution in [2.45, 2.75) is 64.1 Å². The Balaban J connectivity index is 1.75. The molecule has 0 spiro atoms. The van der Waals surface area contributed by atoms with Crippen LogP contribution in [-0.4, -0.2) is 33.8 Å². The van der Waals surface area contributed by atoms with E-state index >= 15 is 0 Å². The second-order valence-corrected chi connectivity index (χ2v) is 5.40. The molecule has 0 radical (unpaired) electrons. The molecule has 1 fully saturated rings. The zero-order valence-electron chi connectivity index (χ0n) is 11.4. The van der Waals surface area contributed by atoms with E-state index in [4.69, 9.17) is 0 Å². The van der Waals surface area contributed by atoms with Gasteiger partial charge in [0.2, 0.25) is 0 Å². The van der Waals surface area contributed by atoms with Gasteiger partial charge in [-0.05, 0) is 39.7 Å². The van der Waals surface area contributed by atoms with E-state index in [0.29, 0.717) is 12.1 Å². The van der Waals surface area contributed by atoms with E-state index < -0.39 is 0 Å². The molecule has 1 aromatic heterocycles. The zero-order chi connectivity index (χ0) is 12.8. The number of hydrogen-bond acceptors (Lipinski definition) is 4. The van der Waals surface area contributed by atoms with Crippen LogP contribution in [0.5, 0.6) is 0 Å². The maximum Gasteiger partial charge on any atom is 0.141 e. The van der Waals surface area contributed by atoms with Crippen LogP contribution in [0.3, 0.4) is 0 Å². The first kappa shape index (κ1) is 13.5. The maximum absolute atomic E-state index is 4.19. The minimum absolute atomic E-state index is 0.230. The number of aromatic amines is 1. The van der Waals surface area contributed by atoms with Gasteiger partial charge in [0.05, 0.1) is 6.04 Å². The first-order valence-electron chi connectivity index (χ1n) is 7.10. The first-order chi connectivity index (χ1) is 8.75. The predicted molar refractivity (Wildman–Crippen MR) is 72.3 cm³/mol. The van der Waals surface area contributed by atoms with Gasteiger partial charge in [-0.25, -0.2) is 4.98 Å². The minimum atomic E-state index is 0.230. The van der Waals surface area contributed by atoms with Crippen LogP contribution in [0.25, 0.3) is 0 Å². The molecule has 1 aliphatic heterocycles. The molecule has 0 aliphatic carbocycles. The van der Waals surface area contributed by atoms with E-state index in [0.717, 1.165) is 5.82 Å². The number of nitrogens with zero attached hydrogens (tertiary/aromatic N) is 2. The Hall–Kier alpha value is -0.940. The molecule has 2 rings (SSSR count). The topological polar surface area (TPSA) is 65.6 Å². The molecular weight excluding hydrogens is 226 g/mol. The lowest BCUT2D eigenvalue weighted by molar-refractivity contribution is 0.375. The summed E-state index contributed by atoms with van der Waals surface area (Å²) < 4.78 is 0. The van der Waals surface area contributed by atoms with Crippen LogP contribution in [0.15, 0.2) is 6.33 Å². The van der Waals surface area contributed by atoms with Crippen molar-refractivity contribution in [2.75, 3.05) is 6.54 Å². The van der Waals surface area contributed by atoms with E-state index in [1.807, 2.05) is 0 Å². The Morgan fingerprint density at radius 1 is 1.39 bits per heavy atom. The molecule has 3 unspecified atom stereocenters. The molecule has 1 aliphatic rings. The van der Waals surface area contributed by atoms with Gasteiger partial charge in [0.1, 0.15) is 12.2 Å². The van der Waals surface area contributed by atoms with Crippen molar-refractivity contribution in [3.05, 3.63) is 12.2 Å². The van der Waals surface area contributed by atoms with Crippen molar-refractivity contribution < 1.29 is 0 Å². The van der Waals surface area contributed by atoms with Crippen LogP contribution in [0.1, 0.15) is 57.8 Å². The van der Waals surface area contributed by atoms with Crippen molar-refractivity contribution in [2.24, 2.45) is 0 Å². The number of nitrogens with one attached hydrogen (secondary N) is 3. The lowest BCUT2D eigenvalue weighted by atomic mass is 10.0. The summed E-state index contributed by atoms with van der Waals surface area (Å²) in [4.78, 5) is 4.19. The SMILES string of the molecule is CC(CC1CCCCCN1)NC(C)c1ncn[nH]1. The highest BCUT2D eigenvalue weighted by Gasteiger charge is 2.17. The highest BCUT2D eigenvalue weighted by molar-refractivity contribution is 4.90. The maximum atomic E-state index is 4.19. The number of H-pyrrole nitrogens is 1. The Labute approximate surface area is 109 Å². The summed E-state index contributed by atoms with van der Waals surface area (Å²) in [6.45, 7) is 5.55. The summed E-state index contributed by atoms with van der Waals surface area (Å²) in [6.07, 6.45) is 8.11. The van der Waals surface area contributed by atoms with Crippen LogP contribution < -0.4 is 10.6 Å². The second kappa shape index (κ2) is 6.85. The van der Waals surface area contributed by atoms with Crippen LogP contribution in [0.2, 0.25) is 0 Å². The van der Waals surface area contributed by atoms with Gasteiger partial charge >= 0.3 is 0 Å². The molecule has 102 valence electrons. The van der Waals surface area contributed by atoms with Gasteiger partial charge in [-0.3, -0.25) is 5.10 Å². The fourth-order valence-electron chi connectivity index (χ4n) is 2.73. The fourth-order valence-corrected chi connectivity index (χ4v) is 2.73. The number of aromatic nitrogens is 3. The molecule has 5 heteroatoms. The van der Waals surface area contributed by atoms with Crippen molar-refractivity contribution in [3.63, 3.8) is 0 Å². The Bertz CT molecular complexity index is 316. The standard InChI is InChI=1S/C13H25N5/c1-10(8-12-6-4-3-5-7-14-12)17-11(2)13-15-9-16-18-13/h9-12,14,17H,3-8H2,1-2H3,(H,15,16,18). The van der Waals surface area contributed by atoms with E-state index in [9.17, 15) is 0 Å². The van der Waals surface area contributed by atoms with E-state index in [2.05, 4.69) is 39.7 Å². The van der Waals surface area contributed by atoms with Gasteiger partial charge < -0.3 is 10.6 Å². The highest BCUT2D eigenvalue weighted by atomic mass is 15.2. The molecule has 0 bridgehead atoms. The number of rotatable bonds is 5. The summed E-state index contributed by atoms with van der Waals surface area (Å²) in [7, 11) is 0. The molecule has 3 N–H and O–H groups in total. The summed E-state index contributed by atoms with van der Waals surface area (Å²) >= 11 is 0. The average Bonchev–Trinajstić information content (AvgIpc) is 2.76. The highest BCUT2D eigenvalue weighted by Crippen LogP contribution is 2.14. The smallest absolute Gasteiger partial charge is 0.141 e. The molecule has 2 heterocycles. The molecule has 1 saturated heterocycles. The Kier molecular flexibility index (Phi) is 5.13. The molecular formula is C13H25N5. The van der Waals surface area contributed by atoms with Gasteiger partial charge in [0, 0.05) is 12.1 Å². The average molecular weight is 251 g/mol. The normalized spacial score (nSPS) is 24.4. The third-order valence-corrected chi connectivity index (χ3v) is 3.68. The predicted octanol–water partition coefficient (Wildman–Crippen LogP) is 1.77. The van der Waals surface area contributed by atoms with Gasteiger partial charge in [-0.15, -0.1) is 0 Å². The van der Waals surface area contributed by atoms with Crippen molar-refractivity contribution in [1.29, 1.82) is 0 Å². The molecule has 0 amide bonds. The molecule has 18 heavy (non-hydrogen) atoms. The first-order valence-corrected chi connectivity index (χ1v) is 7.10. The quantitative estimate of drug-likeness (QED) is 0.746. The van der Waals surface area contributed by atoms with Crippen molar-refractivity contribution in [1.82, 2.24) is 25.8 Å². The van der Waals surface area contributed by atoms with Gasteiger partial charge in [0.25, 0.3) is 0 Å². The van der Waals surface area contributed by atoms with Crippen LogP contribution in [0.4, 0.5) is 0 Å². The summed E-state index contributed by atoms with van der Waals surface area (Å²) in [6, 6.07) is 1.38. The Morgan fingerprint density at radius 2 is 2.28 bits per heavy atom. The van der Waals surface area contributed by atoms with Crippen LogP contribution >= 0.6 is 0 Å². The third-order valence-electron chi connectivity index (χ3n) is 3.68. The van der Waals surface area contributed by atoms with E-state index in [1.54, 1.807) is 6.33 Å². The molecule has 1 aromatic rings. The van der Waals surface area contributed by atoms with Crippen molar-refractivity contribution in [3.8, 4) is 0 Å². The number of hydrogen-bond donors (Lipinski definition) is 3. The van der Waals surface area contributed by atoms with Gasteiger partial charge in [0.15, 0.2) is 0 Å². The van der Waals surface area contributed by atoms with Gasteiger partial charge in [-0.1, -0.05) is 12.8 Å². The fraction of sp³-hybridized carbons (Fsp3) is 0.846. The summed E-state index contributed by atoms with van der Waals surface area (Å²) in [5, 5.41) is 14.0. The monoisotopic (exact) mass is 251 g/mol. The largest absolute Gasteiger partial charge is 0.314 e. The summed E-state index contributed by atoms with van der Waals surface area (Å²) in [5.41, 5.74) is 0. The van der Waals surface area contributed by atoms with E-state index in [-0.39, 0.29) is 6.04 Å². The van der Waals surface area contributed by atoms with Crippen LogP contribution in [0, 0.1) is 0 Å². The molecule has 0 saturated carbocycles. The third kappa shape index (κ3) is 4.07. The van der Waals surface area contributed by atoms with E-state index in [1.165, 1.54) is 38.6 Å². The zero-order valence-corrected chi connectivity index (χ0v) is 11.4. The van der Waals surface area contributed by atoms with Gasteiger partial charge in [-0.2, -0.15) is 5.10 Å².